The van der Waals surface area contributed by atoms with E-state index in [1.807, 2.05) is 37.4 Å². The van der Waals surface area contributed by atoms with Crippen molar-refractivity contribution in [3.63, 3.8) is 0 Å². The van der Waals surface area contributed by atoms with Gasteiger partial charge in [-0.15, -0.1) is 0 Å². The van der Waals surface area contributed by atoms with Crippen LogP contribution in [0.5, 0.6) is 0 Å². The highest BCUT2D eigenvalue weighted by atomic mass is 35.5. The zero-order chi connectivity index (χ0) is 11.5. The Bertz CT molecular complexity index is 511. The van der Waals surface area contributed by atoms with E-state index in [1.54, 1.807) is 6.20 Å². The first-order chi connectivity index (χ1) is 7.72. The van der Waals surface area contributed by atoms with Gasteiger partial charge in [0.05, 0.1) is 11.4 Å². The summed E-state index contributed by atoms with van der Waals surface area (Å²) in [6.07, 6.45) is 1.66. The molecule has 0 aliphatic heterocycles. The minimum atomic E-state index is 0.485. The Morgan fingerprint density at radius 1 is 1.31 bits per heavy atom. The third kappa shape index (κ3) is 1.95. The summed E-state index contributed by atoms with van der Waals surface area (Å²) >= 11 is 6.02. The minimum Gasteiger partial charge on any atom is -0.397 e. The van der Waals surface area contributed by atoms with Crippen LogP contribution in [0.3, 0.4) is 0 Å². The second-order valence-electron chi connectivity index (χ2n) is 3.39. The highest BCUT2D eigenvalue weighted by Crippen LogP contribution is 2.30. The van der Waals surface area contributed by atoms with Crippen LogP contribution in [0.4, 0.5) is 11.4 Å². The second kappa shape index (κ2) is 4.41. The zero-order valence-corrected chi connectivity index (χ0v) is 9.62. The van der Waals surface area contributed by atoms with Gasteiger partial charge in [0, 0.05) is 18.8 Å². The van der Waals surface area contributed by atoms with E-state index in [0.717, 1.165) is 16.8 Å². The largest absolute Gasteiger partial charge is 0.397 e. The van der Waals surface area contributed by atoms with Crippen LogP contribution in [-0.4, -0.2) is 12.0 Å². The number of halogens is 1. The van der Waals surface area contributed by atoms with Gasteiger partial charge >= 0.3 is 0 Å². The summed E-state index contributed by atoms with van der Waals surface area (Å²) in [6, 6.07) is 9.54. The quantitative estimate of drug-likeness (QED) is 0.619. The van der Waals surface area contributed by atoms with Crippen molar-refractivity contribution in [3.05, 3.63) is 41.7 Å². The highest BCUT2D eigenvalue weighted by Gasteiger charge is 2.05. The lowest BCUT2D eigenvalue weighted by Gasteiger charge is -2.08. The summed E-state index contributed by atoms with van der Waals surface area (Å²) in [6.45, 7) is 0. The molecule has 0 spiro atoms. The molecule has 0 aliphatic rings. The number of rotatable bonds is 2. The first-order valence-electron chi connectivity index (χ1n) is 4.90. The van der Waals surface area contributed by atoms with Gasteiger partial charge in [-0.2, -0.15) is 0 Å². The van der Waals surface area contributed by atoms with E-state index in [1.165, 1.54) is 0 Å². The molecule has 1 heterocycles. The van der Waals surface area contributed by atoms with Gasteiger partial charge in [0.25, 0.3) is 0 Å². The molecule has 0 aliphatic carbocycles. The van der Waals surface area contributed by atoms with Gasteiger partial charge in [0.1, 0.15) is 5.15 Å². The Labute approximate surface area is 99.3 Å². The molecule has 1 aromatic heterocycles. The highest BCUT2D eigenvalue weighted by molar-refractivity contribution is 6.32. The van der Waals surface area contributed by atoms with E-state index < -0.39 is 0 Å². The minimum absolute atomic E-state index is 0.485. The van der Waals surface area contributed by atoms with Crippen molar-refractivity contribution in [2.75, 3.05) is 18.1 Å². The average Bonchev–Trinajstić information content (AvgIpc) is 2.29. The average molecular weight is 234 g/mol. The van der Waals surface area contributed by atoms with Crippen molar-refractivity contribution in [1.82, 2.24) is 4.98 Å². The molecule has 2 aromatic rings. The van der Waals surface area contributed by atoms with Gasteiger partial charge in [0.15, 0.2) is 0 Å². The van der Waals surface area contributed by atoms with Crippen LogP contribution in [0, 0.1) is 0 Å². The smallest absolute Gasteiger partial charge is 0.136 e. The molecule has 3 N–H and O–H groups in total. The van der Waals surface area contributed by atoms with Crippen molar-refractivity contribution in [1.29, 1.82) is 0 Å². The van der Waals surface area contributed by atoms with E-state index in [-0.39, 0.29) is 0 Å². The van der Waals surface area contributed by atoms with Crippen molar-refractivity contribution in [2.45, 2.75) is 0 Å². The molecule has 0 atom stereocenters. The fourth-order valence-corrected chi connectivity index (χ4v) is 1.79. The summed E-state index contributed by atoms with van der Waals surface area (Å²) < 4.78 is 0. The van der Waals surface area contributed by atoms with Crippen LogP contribution in [0.25, 0.3) is 11.1 Å². The van der Waals surface area contributed by atoms with E-state index >= 15 is 0 Å². The van der Waals surface area contributed by atoms with E-state index in [2.05, 4.69) is 10.3 Å². The zero-order valence-electron chi connectivity index (χ0n) is 8.87. The Morgan fingerprint density at radius 2 is 2.12 bits per heavy atom. The number of nitrogens with two attached hydrogens (primary N) is 1. The molecule has 0 bridgehead atoms. The lowest BCUT2D eigenvalue weighted by Crippen LogP contribution is -1.95. The standard InChI is InChI=1S/C12H12ClN3/c1-15-11-5-4-8(7-10(11)14)9-3-2-6-16-12(9)13/h2-7,15H,14H2,1H3. The number of hydrogen-bond acceptors (Lipinski definition) is 3. The molecule has 1 aromatic carbocycles. The second-order valence-corrected chi connectivity index (χ2v) is 3.75. The van der Waals surface area contributed by atoms with Crippen molar-refractivity contribution in [2.24, 2.45) is 0 Å². The molecule has 82 valence electrons. The van der Waals surface area contributed by atoms with Crippen molar-refractivity contribution < 1.29 is 0 Å². The molecule has 0 amide bonds. The summed E-state index contributed by atoms with van der Waals surface area (Å²) in [5.74, 6) is 0. The van der Waals surface area contributed by atoms with Crippen molar-refractivity contribution >= 4 is 23.0 Å². The maximum absolute atomic E-state index is 6.02. The summed E-state index contributed by atoms with van der Waals surface area (Å²) in [5, 5.41) is 3.50. The number of nitrogens with one attached hydrogen (secondary N) is 1. The maximum Gasteiger partial charge on any atom is 0.136 e. The van der Waals surface area contributed by atoms with Gasteiger partial charge in [0.2, 0.25) is 0 Å². The van der Waals surface area contributed by atoms with Gasteiger partial charge in [-0.3, -0.25) is 0 Å². The van der Waals surface area contributed by atoms with Gasteiger partial charge in [-0.25, -0.2) is 4.98 Å². The molecule has 0 saturated carbocycles. The number of nitrogen functional groups attached to an aromatic ring is 1. The van der Waals surface area contributed by atoms with E-state index in [0.29, 0.717) is 10.8 Å². The Morgan fingerprint density at radius 3 is 2.75 bits per heavy atom. The Hall–Kier alpha value is -1.74. The topological polar surface area (TPSA) is 50.9 Å². The van der Waals surface area contributed by atoms with Gasteiger partial charge < -0.3 is 11.1 Å². The summed E-state index contributed by atoms with van der Waals surface area (Å²) in [4.78, 5) is 4.04. The number of anilines is 2. The van der Waals surface area contributed by atoms with Crippen LogP contribution >= 0.6 is 11.6 Å². The molecule has 2 rings (SSSR count). The van der Waals surface area contributed by atoms with Crippen LogP contribution in [0.15, 0.2) is 36.5 Å². The summed E-state index contributed by atoms with van der Waals surface area (Å²) in [5.41, 5.74) is 9.35. The molecule has 0 unspecified atom stereocenters. The molecular weight excluding hydrogens is 222 g/mol. The SMILES string of the molecule is CNc1ccc(-c2cccnc2Cl)cc1N. The van der Waals surface area contributed by atoms with Crippen LogP contribution in [-0.2, 0) is 0 Å². The molecule has 4 heteroatoms. The fraction of sp³-hybridized carbons (Fsp3) is 0.0833. The van der Waals surface area contributed by atoms with E-state index in [4.69, 9.17) is 17.3 Å². The molecule has 0 fully saturated rings. The third-order valence-electron chi connectivity index (χ3n) is 2.39. The van der Waals surface area contributed by atoms with Crippen LogP contribution < -0.4 is 11.1 Å². The molecule has 0 radical (unpaired) electrons. The lowest BCUT2D eigenvalue weighted by molar-refractivity contribution is 1.33. The monoisotopic (exact) mass is 233 g/mol. The lowest BCUT2D eigenvalue weighted by atomic mass is 10.1. The predicted molar refractivity (Wildman–Crippen MR) is 68.6 cm³/mol. The third-order valence-corrected chi connectivity index (χ3v) is 2.69. The number of aromatic nitrogens is 1. The fourth-order valence-electron chi connectivity index (χ4n) is 1.56. The summed E-state index contributed by atoms with van der Waals surface area (Å²) in [7, 11) is 1.84. The Balaban J connectivity index is 2.50. The molecule has 3 nitrogen and oxygen atoms in total. The van der Waals surface area contributed by atoms with Gasteiger partial charge in [-0.05, 0) is 29.8 Å². The Kier molecular flexibility index (Phi) is 2.97. The number of pyridine rings is 1. The maximum atomic E-state index is 6.02. The van der Waals surface area contributed by atoms with Crippen LogP contribution in [0.2, 0.25) is 5.15 Å². The predicted octanol–water partition coefficient (Wildman–Crippen LogP) is 3.03. The number of hydrogen-bond donors (Lipinski definition) is 2. The van der Waals surface area contributed by atoms with Crippen LogP contribution in [0.1, 0.15) is 0 Å². The number of nitrogens with zero attached hydrogens (tertiary/aromatic N) is 1. The number of benzene rings is 1. The van der Waals surface area contributed by atoms with Crippen molar-refractivity contribution in [3.8, 4) is 11.1 Å². The molecular formula is C12H12ClN3. The molecule has 16 heavy (non-hydrogen) atoms. The molecule has 0 saturated heterocycles. The normalized spacial score (nSPS) is 10.1. The van der Waals surface area contributed by atoms with Gasteiger partial charge in [-0.1, -0.05) is 17.7 Å². The first kappa shape index (κ1) is 10.8. The first-order valence-corrected chi connectivity index (χ1v) is 5.28. The van der Waals surface area contributed by atoms with E-state index in [9.17, 15) is 0 Å².